The Labute approximate surface area is 157 Å². The van der Waals surface area contributed by atoms with Gasteiger partial charge in [0.15, 0.2) is 0 Å². The average Bonchev–Trinajstić information content (AvgIpc) is 2.62. The first kappa shape index (κ1) is 18.2. The van der Waals surface area contributed by atoms with E-state index in [1.165, 1.54) is 0 Å². The van der Waals surface area contributed by atoms with Crippen LogP contribution in [0, 0.1) is 0 Å². The molecule has 138 valence electrons. The van der Waals surface area contributed by atoms with Crippen molar-refractivity contribution in [1.82, 2.24) is 10.3 Å². The lowest BCUT2D eigenvalue weighted by Gasteiger charge is -2.12. The number of amides is 3. The van der Waals surface area contributed by atoms with Gasteiger partial charge in [-0.05, 0) is 42.1 Å². The Kier molecular flexibility index (Phi) is 5.51. The third-order valence-corrected chi connectivity index (χ3v) is 3.93. The maximum absolute atomic E-state index is 11.7. The van der Waals surface area contributed by atoms with E-state index in [1.807, 2.05) is 55.5 Å². The van der Waals surface area contributed by atoms with Crippen molar-refractivity contribution in [2.45, 2.75) is 13.3 Å². The van der Waals surface area contributed by atoms with E-state index in [4.69, 9.17) is 5.73 Å². The highest BCUT2D eigenvalue weighted by atomic mass is 16.2. The topological polar surface area (TPSA) is 109 Å². The summed E-state index contributed by atoms with van der Waals surface area (Å²) in [5, 5.41) is 10.6. The number of nitrogens with one attached hydrogen (secondary N) is 3. The second-order valence-electron chi connectivity index (χ2n) is 6.05. The van der Waals surface area contributed by atoms with Gasteiger partial charge in [0.1, 0.15) is 5.82 Å². The van der Waals surface area contributed by atoms with Crippen LogP contribution in [0.25, 0.3) is 10.8 Å². The molecule has 7 nitrogen and oxygen atoms in total. The van der Waals surface area contributed by atoms with Crippen LogP contribution in [0.15, 0.2) is 54.7 Å². The molecule has 0 aliphatic carbocycles. The summed E-state index contributed by atoms with van der Waals surface area (Å²) in [7, 11) is 0. The van der Waals surface area contributed by atoms with Gasteiger partial charge in [0.2, 0.25) is 5.91 Å². The monoisotopic (exact) mass is 363 g/mol. The highest BCUT2D eigenvalue weighted by molar-refractivity contribution is 5.97. The number of hydrogen-bond acceptors (Lipinski definition) is 4. The second-order valence-corrected chi connectivity index (χ2v) is 6.05. The number of rotatable bonds is 6. The molecule has 0 saturated heterocycles. The Balaban J connectivity index is 1.85. The van der Waals surface area contributed by atoms with Crippen LogP contribution < -0.4 is 21.7 Å². The number of benzene rings is 2. The molecule has 0 bridgehead atoms. The van der Waals surface area contributed by atoms with Gasteiger partial charge in [-0.2, -0.15) is 0 Å². The molecule has 3 rings (SSSR count). The molecule has 27 heavy (non-hydrogen) atoms. The number of nitrogens with two attached hydrogens (primary N) is 1. The SMILES string of the molecule is CCNC(=O)Nc1cc2cccc(Nc3cccc(CC(N)=O)c3)c2cn1. The lowest BCUT2D eigenvalue weighted by molar-refractivity contribution is -0.117. The lowest BCUT2D eigenvalue weighted by atomic mass is 10.1. The van der Waals surface area contributed by atoms with E-state index in [9.17, 15) is 9.59 Å². The van der Waals surface area contributed by atoms with E-state index in [2.05, 4.69) is 20.9 Å². The number of fused-ring (bicyclic) bond motifs is 1. The zero-order valence-electron chi connectivity index (χ0n) is 15.0. The second kappa shape index (κ2) is 8.18. The number of aromatic nitrogens is 1. The molecule has 0 fully saturated rings. The minimum Gasteiger partial charge on any atom is -0.369 e. The summed E-state index contributed by atoms with van der Waals surface area (Å²) in [5.74, 6) is 0.114. The molecular weight excluding hydrogens is 342 g/mol. The van der Waals surface area contributed by atoms with Gasteiger partial charge in [-0.1, -0.05) is 24.3 Å². The van der Waals surface area contributed by atoms with Gasteiger partial charge in [-0.3, -0.25) is 10.1 Å². The predicted octanol–water partition coefficient (Wildman–Crippen LogP) is 3.15. The number of carbonyl (C=O) groups excluding carboxylic acids is 2. The highest BCUT2D eigenvalue weighted by Gasteiger charge is 2.07. The molecule has 5 N–H and O–H groups in total. The summed E-state index contributed by atoms with van der Waals surface area (Å²) in [6.45, 7) is 2.39. The van der Waals surface area contributed by atoms with Gasteiger partial charge in [0.05, 0.1) is 6.42 Å². The largest absolute Gasteiger partial charge is 0.369 e. The fourth-order valence-electron chi connectivity index (χ4n) is 2.79. The van der Waals surface area contributed by atoms with Crippen molar-refractivity contribution in [1.29, 1.82) is 0 Å². The molecular formula is C20H21N5O2. The molecule has 0 spiro atoms. The third-order valence-electron chi connectivity index (χ3n) is 3.93. The number of hydrogen-bond donors (Lipinski definition) is 4. The molecule has 1 heterocycles. The van der Waals surface area contributed by atoms with Crippen LogP contribution in [0.4, 0.5) is 22.0 Å². The quantitative estimate of drug-likeness (QED) is 0.539. The Morgan fingerprint density at radius 3 is 2.70 bits per heavy atom. The first-order valence-corrected chi connectivity index (χ1v) is 8.63. The van der Waals surface area contributed by atoms with Crippen LogP contribution in [0.3, 0.4) is 0 Å². The van der Waals surface area contributed by atoms with Crippen LogP contribution >= 0.6 is 0 Å². The van der Waals surface area contributed by atoms with Crippen molar-refractivity contribution in [3.63, 3.8) is 0 Å². The number of nitrogens with zero attached hydrogens (tertiary/aromatic N) is 1. The molecule has 0 aliphatic rings. The van der Waals surface area contributed by atoms with Gasteiger partial charge >= 0.3 is 6.03 Å². The number of carbonyl (C=O) groups is 2. The lowest BCUT2D eigenvalue weighted by Crippen LogP contribution is -2.28. The van der Waals surface area contributed by atoms with E-state index in [0.717, 1.165) is 27.7 Å². The number of urea groups is 1. The summed E-state index contributed by atoms with van der Waals surface area (Å²) < 4.78 is 0. The third kappa shape index (κ3) is 4.72. The van der Waals surface area contributed by atoms with Gasteiger partial charge in [0.25, 0.3) is 0 Å². The van der Waals surface area contributed by atoms with E-state index >= 15 is 0 Å². The smallest absolute Gasteiger partial charge is 0.320 e. The summed E-state index contributed by atoms with van der Waals surface area (Å²) >= 11 is 0. The normalized spacial score (nSPS) is 10.4. The van der Waals surface area contributed by atoms with E-state index in [1.54, 1.807) is 6.20 Å². The number of primary amides is 1. The van der Waals surface area contributed by atoms with Gasteiger partial charge in [0, 0.05) is 29.5 Å². The Morgan fingerprint density at radius 2 is 1.93 bits per heavy atom. The minimum absolute atomic E-state index is 0.196. The molecule has 2 aromatic carbocycles. The predicted molar refractivity (Wildman–Crippen MR) is 107 cm³/mol. The van der Waals surface area contributed by atoms with Crippen molar-refractivity contribution in [3.05, 3.63) is 60.3 Å². The van der Waals surface area contributed by atoms with Gasteiger partial charge < -0.3 is 16.4 Å². The fraction of sp³-hybridized carbons (Fsp3) is 0.150. The molecule has 0 radical (unpaired) electrons. The number of pyridine rings is 1. The molecule has 3 amide bonds. The Hall–Kier alpha value is -3.61. The molecule has 7 heteroatoms. The van der Waals surface area contributed by atoms with Crippen molar-refractivity contribution >= 4 is 39.9 Å². The maximum Gasteiger partial charge on any atom is 0.320 e. The molecule has 3 aromatic rings. The molecule has 1 aromatic heterocycles. The van der Waals surface area contributed by atoms with Crippen LogP contribution in [0.1, 0.15) is 12.5 Å². The Morgan fingerprint density at radius 1 is 1.11 bits per heavy atom. The molecule has 0 saturated carbocycles. The van der Waals surface area contributed by atoms with E-state index in [0.29, 0.717) is 12.4 Å². The first-order chi connectivity index (χ1) is 13.0. The summed E-state index contributed by atoms with van der Waals surface area (Å²) in [4.78, 5) is 27.1. The summed E-state index contributed by atoms with van der Waals surface area (Å²) in [6, 6.07) is 14.9. The summed E-state index contributed by atoms with van der Waals surface area (Å²) in [5.41, 5.74) is 7.84. The first-order valence-electron chi connectivity index (χ1n) is 8.63. The maximum atomic E-state index is 11.7. The van der Waals surface area contributed by atoms with Gasteiger partial charge in [-0.15, -0.1) is 0 Å². The molecule has 0 aliphatic heterocycles. The fourth-order valence-corrected chi connectivity index (χ4v) is 2.79. The zero-order chi connectivity index (χ0) is 19.2. The molecule has 0 atom stereocenters. The van der Waals surface area contributed by atoms with Crippen LogP contribution in [0.5, 0.6) is 0 Å². The van der Waals surface area contributed by atoms with Crippen molar-refractivity contribution in [2.24, 2.45) is 5.73 Å². The average molecular weight is 363 g/mol. The summed E-state index contributed by atoms with van der Waals surface area (Å²) in [6.07, 6.45) is 1.91. The van der Waals surface area contributed by atoms with Crippen LogP contribution in [-0.4, -0.2) is 23.5 Å². The Bertz CT molecular complexity index is 987. The minimum atomic E-state index is -0.367. The van der Waals surface area contributed by atoms with Gasteiger partial charge in [-0.25, -0.2) is 9.78 Å². The van der Waals surface area contributed by atoms with Crippen LogP contribution in [0.2, 0.25) is 0 Å². The van der Waals surface area contributed by atoms with E-state index in [-0.39, 0.29) is 18.4 Å². The van der Waals surface area contributed by atoms with Crippen molar-refractivity contribution in [3.8, 4) is 0 Å². The van der Waals surface area contributed by atoms with E-state index < -0.39 is 0 Å². The highest BCUT2D eigenvalue weighted by Crippen LogP contribution is 2.27. The number of anilines is 3. The van der Waals surface area contributed by atoms with Crippen LogP contribution in [-0.2, 0) is 11.2 Å². The standard InChI is InChI=1S/C20H21N5O2/c1-2-22-20(27)25-19-11-14-6-4-8-17(16(14)12-23-19)24-15-7-3-5-13(9-15)10-18(21)26/h3-9,11-12,24H,2,10H2,1H3,(H2,21,26)(H2,22,23,25,27). The zero-order valence-corrected chi connectivity index (χ0v) is 15.0. The molecule has 0 unspecified atom stereocenters. The van der Waals surface area contributed by atoms with Crippen molar-refractivity contribution < 1.29 is 9.59 Å². The van der Waals surface area contributed by atoms with Crippen molar-refractivity contribution in [2.75, 3.05) is 17.2 Å².